The number of ether oxygens (including phenoxy) is 1. The lowest BCUT2D eigenvalue weighted by molar-refractivity contribution is 0.0658. The number of benzene rings is 2. The summed E-state index contributed by atoms with van der Waals surface area (Å²) in [6.45, 7) is 2.20. The molecule has 0 N–H and O–H groups in total. The fourth-order valence-corrected chi connectivity index (χ4v) is 3.82. The molecule has 0 amide bonds. The van der Waals surface area contributed by atoms with Crippen molar-refractivity contribution >= 4 is 0 Å². The summed E-state index contributed by atoms with van der Waals surface area (Å²) in [5.74, 6) is 0.909. The number of rotatable bonds is 5. The fraction of sp³-hybridized carbons (Fsp3) is 0.455. The highest BCUT2D eigenvalue weighted by Crippen LogP contribution is 2.34. The van der Waals surface area contributed by atoms with Gasteiger partial charge in [0.05, 0.1) is 6.10 Å². The Bertz CT molecular complexity index is 624. The molecule has 0 spiro atoms. The molecular weight excluding hydrogens is 299 g/mol. The fourth-order valence-electron chi connectivity index (χ4n) is 3.82. The number of halogens is 1. The SMILES string of the molecule is COC1CCC(c2ccc(C[C@@H](C)c3ccc(F)cc3)cc2)CC1. The zero-order chi connectivity index (χ0) is 16.9. The van der Waals surface area contributed by atoms with Crippen molar-refractivity contribution in [2.75, 3.05) is 7.11 Å². The normalized spacial score (nSPS) is 22.3. The Hall–Kier alpha value is -1.67. The van der Waals surface area contributed by atoms with E-state index in [9.17, 15) is 4.39 Å². The van der Waals surface area contributed by atoms with Gasteiger partial charge in [0.15, 0.2) is 0 Å². The van der Waals surface area contributed by atoms with Crippen LogP contribution in [0.25, 0.3) is 0 Å². The van der Waals surface area contributed by atoms with Crippen molar-refractivity contribution < 1.29 is 9.13 Å². The van der Waals surface area contributed by atoms with E-state index in [0.717, 1.165) is 6.42 Å². The first-order valence-corrected chi connectivity index (χ1v) is 9.03. The first-order valence-electron chi connectivity index (χ1n) is 9.03. The molecule has 1 fully saturated rings. The molecule has 0 aliphatic heterocycles. The van der Waals surface area contributed by atoms with Crippen molar-refractivity contribution in [3.63, 3.8) is 0 Å². The van der Waals surface area contributed by atoms with Gasteiger partial charge in [-0.25, -0.2) is 4.39 Å². The summed E-state index contributed by atoms with van der Waals surface area (Å²) >= 11 is 0. The van der Waals surface area contributed by atoms with E-state index in [-0.39, 0.29) is 5.82 Å². The number of hydrogen-bond donors (Lipinski definition) is 0. The Morgan fingerprint density at radius 2 is 1.58 bits per heavy atom. The molecule has 2 aromatic rings. The van der Waals surface area contributed by atoms with Gasteiger partial charge in [0.25, 0.3) is 0 Å². The highest BCUT2D eigenvalue weighted by molar-refractivity contribution is 5.28. The predicted molar refractivity (Wildman–Crippen MR) is 97.0 cm³/mol. The van der Waals surface area contributed by atoms with E-state index in [1.54, 1.807) is 12.1 Å². The lowest BCUT2D eigenvalue weighted by atomic mass is 9.82. The summed E-state index contributed by atoms with van der Waals surface area (Å²) in [4.78, 5) is 0. The molecule has 1 aliphatic carbocycles. The standard InChI is InChI=1S/C22H27FO/c1-16(18-7-11-21(23)12-8-18)15-17-3-5-19(6-4-17)20-9-13-22(24-2)14-10-20/h3-8,11-12,16,20,22H,9-10,13-15H2,1-2H3/t16-,20?,22?/m1/s1. The van der Waals surface area contributed by atoms with Crippen molar-refractivity contribution in [2.24, 2.45) is 0 Å². The molecular formula is C22H27FO. The van der Waals surface area contributed by atoms with Crippen molar-refractivity contribution in [2.45, 2.75) is 57.0 Å². The van der Waals surface area contributed by atoms with Gasteiger partial charge in [-0.05, 0) is 72.8 Å². The van der Waals surface area contributed by atoms with Gasteiger partial charge in [-0.15, -0.1) is 0 Å². The highest BCUT2D eigenvalue weighted by Gasteiger charge is 2.21. The predicted octanol–water partition coefficient (Wildman–Crippen LogP) is 5.84. The maximum atomic E-state index is 13.0. The van der Waals surface area contributed by atoms with E-state index in [2.05, 4.69) is 31.2 Å². The number of hydrogen-bond acceptors (Lipinski definition) is 1. The molecule has 0 bridgehead atoms. The van der Waals surface area contributed by atoms with E-state index < -0.39 is 0 Å². The van der Waals surface area contributed by atoms with Gasteiger partial charge in [-0.1, -0.05) is 43.3 Å². The van der Waals surface area contributed by atoms with Crippen LogP contribution in [-0.2, 0) is 11.2 Å². The Kier molecular flexibility index (Phi) is 5.68. The molecule has 128 valence electrons. The van der Waals surface area contributed by atoms with Gasteiger partial charge >= 0.3 is 0 Å². The van der Waals surface area contributed by atoms with Gasteiger partial charge in [0.2, 0.25) is 0 Å². The molecule has 0 unspecified atom stereocenters. The van der Waals surface area contributed by atoms with Crippen molar-refractivity contribution in [1.82, 2.24) is 0 Å². The molecule has 0 radical (unpaired) electrons. The third kappa shape index (κ3) is 4.24. The molecule has 0 aromatic heterocycles. The van der Waals surface area contributed by atoms with Crippen molar-refractivity contribution in [1.29, 1.82) is 0 Å². The summed E-state index contributed by atoms with van der Waals surface area (Å²) in [5.41, 5.74) is 4.00. The molecule has 0 heterocycles. The molecule has 1 aliphatic rings. The van der Waals surface area contributed by atoms with Crippen LogP contribution in [0.2, 0.25) is 0 Å². The maximum Gasteiger partial charge on any atom is 0.123 e. The van der Waals surface area contributed by atoms with Crippen LogP contribution < -0.4 is 0 Å². The van der Waals surface area contributed by atoms with E-state index in [0.29, 0.717) is 17.9 Å². The largest absolute Gasteiger partial charge is 0.381 e. The van der Waals surface area contributed by atoms with E-state index in [1.807, 2.05) is 19.2 Å². The molecule has 0 saturated heterocycles. The van der Waals surface area contributed by atoms with Crippen LogP contribution in [0.4, 0.5) is 4.39 Å². The highest BCUT2D eigenvalue weighted by atomic mass is 19.1. The van der Waals surface area contributed by atoms with Crippen LogP contribution in [0.5, 0.6) is 0 Å². The zero-order valence-electron chi connectivity index (χ0n) is 14.7. The lowest BCUT2D eigenvalue weighted by Gasteiger charge is -2.28. The number of methoxy groups -OCH3 is 1. The van der Waals surface area contributed by atoms with Gasteiger partial charge in [-0.3, -0.25) is 0 Å². The summed E-state index contributed by atoms with van der Waals surface area (Å²) < 4.78 is 18.5. The Balaban J connectivity index is 1.59. The van der Waals surface area contributed by atoms with Gasteiger partial charge < -0.3 is 4.74 Å². The first kappa shape index (κ1) is 17.2. The topological polar surface area (TPSA) is 9.23 Å². The van der Waals surface area contributed by atoms with E-state index >= 15 is 0 Å². The van der Waals surface area contributed by atoms with Gasteiger partial charge in [0.1, 0.15) is 5.82 Å². The minimum absolute atomic E-state index is 0.168. The van der Waals surface area contributed by atoms with E-state index in [4.69, 9.17) is 4.74 Å². The van der Waals surface area contributed by atoms with Crippen molar-refractivity contribution in [3.05, 3.63) is 71.0 Å². The molecule has 3 rings (SSSR count). The average Bonchev–Trinajstić information content (AvgIpc) is 2.63. The molecule has 2 heteroatoms. The lowest BCUT2D eigenvalue weighted by Crippen LogP contribution is -2.19. The van der Waals surface area contributed by atoms with Crippen LogP contribution in [0.15, 0.2) is 48.5 Å². The summed E-state index contributed by atoms with van der Waals surface area (Å²) in [7, 11) is 1.82. The molecule has 24 heavy (non-hydrogen) atoms. The average molecular weight is 326 g/mol. The monoisotopic (exact) mass is 326 g/mol. The second-order valence-electron chi connectivity index (χ2n) is 7.11. The van der Waals surface area contributed by atoms with Crippen LogP contribution >= 0.6 is 0 Å². The Labute approximate surface area is 144 Å². The Morgan fingerprint density at radius 1 is 0.958 bits per heavy atom. The van der Waals surface area contributed by atoms with Gasteiger partial charge in [0, 0.05) is 7.11 Å². The molecule has 1 atom stereocenters. The van der Waals surface area contributed by atoms with Crippen LogP contribution in [0.1, 0.15) is 61.1 Å². The summed E-state index contributed by atoms with van der Waals surface area (Å²) in [6.07, 6.45) is 6.24. The van der Waals surface area contributed by atoms with E-state index in [1.165, 1.54) is 42.4 Å². The summed E-state index contributed by atoms with van der Waals surface area (Å²) in [5, 5.41) is 0. The summed E-state index contributed by atoms with van der Waals surface area (Å²) in [6, 6.07) is 16.0. The quantitative estimate of drug-likeness (QED) is 0.670. The zero-order valence-corrected chi connectivity index (χ0v) is 14.7. The molecule has 2 aromatic carbocycles. The molecule has 1 saturated carbocycles. The second kappa shape index (κ2) is 7.94. The maximum absolute atomic E-state index is 13.0. The minimum atomic E-state index is -0.168. The van der Waals surface area contributed by atoms with Crippen LogP contribution in [0.3, 0.4) is 0 Å². The smallest absolute Gasteiger partial charge is 0.123 e. The van der Waals surface area contributed by atoms with Crippen LogP contribution in [-0.4, -0.2) is 13.2 Å². The van der Waals surface area contributed by atoms with Crippen LogP contribution in [0, 0.1) is 5.82 Å². The Morgan fingerprint density at radius 3 is 2.17 bits per heavy atom. The third-order valence-electron chi connectivity index (χ3n) is 5.44. The van der Waals surface area contributed by atoms with Crippen molar-refractivity contribution in [3.8, 4) is 0 Å². The second-order valence-corrected chi connectivity index (χ2v) is 7.11. The minimum Gasteiger partial charge on any atom is -0.381 e. The molecule has 1 nitrogen and oxygen atoms in total. The first-order chi connectivity index (χ1) is 11.7. The third-order valence-corrected chi connectivity index (χ3v) is 5.44. The van der Waals surface area contributed by atoms with Gasteiger partial charge in [-0.2, -0.15) is 0 Å².